The number of methoxy groups -OCH3 is 2. The van der Waals surface area contributed by atoms with Crippen molar-refractivity contribution in [3.05, 3.63) is 21.4 Å². The highest BCUT2D eigenvalue weighted by atomic mass is 32.1. The van der Waals surface area contributed by atoms with Gasteiger partial charge >= 0.3 is 5.97 Å². The number of fused-ring (bicyclic) bond motifs is 1. The first-order chi connectivity index (χ1) is 8.58. The zero-order valence-corrected chi connectivity index (χ0v) is 11.8. The van der Waals surface area contributed by atoms with Gasteiger partial charge in [-0.05, 0) is 30.4 Å². The zero-order chi connectivity index (χ0) is 13.3. The molecule has 1 heterocycles. The topological polar surface area (TPSA) is 61.5 Å². The Bertz CT molecular complexity index is 443. The predicted octanol–water partition coefficient (Wildman–Crippen LogP) is 2.51. The molecule has 5 heteroatoms. The Hall–Kier alpha value is -0.910. The molecule has 0 aliphatic heterocycles. The van der Waals surface area contributed by atoms with E-state index < -0.39 is 12.0 Å². The van der Waals surface area contributed by atoms with Crippen LogP contribution in [0.3, 0.4) is 0 Å². The van der Waals surface area contributed by atoms with Gasteiger partial charge in [0.1, 0.15) is 6.04 Å². The van der Waals surface area contributed by atoms with Crippen molar-refractivity contribution in [2.45, 2.75) is 37.8 Å². The molecule has 1 aliphatic carbocycles. The van der Waals surface area contributed by atoms with Gasteiger partial charge in [-0.25, -0.2) is 4.79 Å². The smallest absolute Gasteiger partial charge is 0.328 e. The van der Waals surface area contributed by atoms with Gasteiger partial charge in [0.2, 0.25) is 0 Å². The molecule has 2 rings (SSSR count). The number of thiophene rings is 1. The summed E-state index contributed by atoms with van der Waals surface area (Å²) in [4.78, 5) is 13.6. The van der Waals surface area contributed by atoms with Crippen LogP contribution in [0.15, 0.2) is 6.07 Å². The summed E-state index contributed by atoms with van der Waals surface area (Å²) in [6.07, 6.45) is 2.26. The molecular formula is C13H19NO3S. The third-order valence-corrected chi connectivity index (χ3v) is 4.98. The van der Waals surface area contributed by atoms with Crippen LogP contribution in [0, 0.1) is 0 Å². The summed E-state index contributed by atoms with van der Waals surface area (Å²) in [5.74, 6) is 0.116. The van der Waals surface area contributed by atoms with Gasteiger partial charge in [0, 0.05) is 16.9 Å². The quantitative estimate of drug-likeness (QED) is 0.856. The van der Waals surface area contributed by atoms with Crippen LogP contribution in [-0.4, -0.2) is 20.2 Å². The van der Waals surface area contributed by atoms with E-state index in [0.29, 0.717) is 5.92 Å². The van der Waals surface area contributed by atoms with Crippen LogP contribution < -0.4 is 5.73 Å². The highest BCUT2D eigenvalue weighted by molar-refractivity contribution is 7.12. The largest absolute Gasteiger partial charge is 0.468 e. The number of carbonyl (C=O) groups excluding carboxylic acids is 1. The number of carbonyl (C=O) groups is 1. The van der Waals surface area contributed by atoms with E-state index in [2.05, 4.69) is 11.7 Å². The molecule has 3 atom stereocenters. The summed E-state index contributed by atoms with van der Waals surface area (Å²) in [5.41, 5.74) is 7.08. The summed E-state index contributed by atoms with van der Waals surface area (Å²) in [5, 5.41) is 0. The molecular weight excluding hydrogens is 250 g/mol. The van der Waals surface area contributed by atoms with E-state index in [0.717, 1.165) is 17.7 Å². The van der Waals surface area contributed by atoms with Crippen LogP contribution in [0.5, 0.6) is 0 Å². The fraction of sp³-hybridized carbons (Fsp3) is 0.615. The highest BCUT2D eigenvalue weighted by Gasteiger charge is 2.30. The van der Waals surface area contributed by atoms with E-state index >= 15 is 0 Å². The summed E-state index contributed by atoms with van der Waals surface area (Å²) in [7, 11) is 3.08. The van der Waals surface area contributed by atoms with Gasteiger partial charge < -0.3 is 15.2 Å². The maximum Gasteiger partial charge on any atom is 0.328 e. The van der Waals surface area contributed by atoms with Crippen LogP contribution in [-0.2, 0) is 14.3 Å². The van der Waals surface area contributed by atoms with Crippen molar-refractivity contribution in [2.24, 2.45) is 5.73 Å². The minimum Gasteiger partial charge on any atom is -0.468 e. The van der Waals surface area contributed by atoms with Crippen molar-refractivity contribution < 1.29 is 14.3 Å². The van der Waals surface area contributed by atoms with Crippen molar-refractivity contribution in [3.63, 3.8) is 0 Å². The second-order valence-corrected chi connectivity index (χ2v) is 5.79. The second kappa shape index (κ2) is 5.38. The zero-order valence-electron chi connectivity index (χ0n) is 10.9. The molecule has 0 radical (unpaired) electrons. The van der Waals surface area contributed by atoms with Gasteiger partial charge in [-0.1, -0.05) is 6.92 Å². The Morgan fingerprint density at radius 3 is 2.83 bits per heavy atom. The summed E-state index contributed by atoms with van der Waals surface area (Å²) in [6.45, 7) is 2.20. The fourth-order valence-electron chi connectivity index (χ4n) is 2.41. The van der Waals surface area contributed by atoms with Gasteiger partial charge in [0.05, 0.1) is 13.2 Å². The van der Waals surface area contributed by atoms with E-state index in [4.69, 9.17) is 10.5 Å². The van der Waals surface area contributed by atoms with Crippen LogP contribution in [0.2, 0.25) is 0 Å². The summed E-state index contributed by atoms with van der Waals surface area (Å²) < 4.78 is 10.2. The SMILES string of the molecule is COC(=O)C(N)c1cc2c(s1)C(C)CCC2OC. The van der Waals surface area contributed by atoms with E-state index in [1.807, 2.05) is 6.07 Å². The number of nitrogens with two attached hydrogens (primary N) is 1. The van der Waals surface area contributed by atoms with Gasteiger partial charge in [-0.15, -0.1) is 11.3 Å². The average Bonchev–Trinajstić information content (AvgIpc) is 2.83. The van der Waals surface area contributed by atoms with Crippen molar-refractivity contribution >= 4 is 17.3 Å². The molecule has 1 aromatic heterocycles. The van der Waals surface area contributed by atoms with Crippen molar-refractivity contribution in [1.82, 2.24) is 0 Å². The van der Waals surface area contributed by atoms with Gasteiger partial charge in [-0.3, -0.25) is 0 Å². The molecule has 4 nitrogen and oxygen atoms in total. The van der Waals surface area contributed by atoms with Crippen LogP contribution in [0.25, 0.3) is 0 Å². The number of esters is 1. The van der Waals surface area contributed by atoms with Gasteiger partial charge in [0.25, 0.3) is 0 Å². The molecule has 0 amide bonds. The highest BCUT2D eigenvalue weighted by Crippen LogP contribution is 2.44. The van der Waals surface area contributed by atoms with Crippen LogP contribution >= 0.6 is 11.3 Å². The van der Waals surface area contributed by atoms with Crippen molar-refractivity contribution in [3.8, 4) is 0 Å². The molecule has 3 unspecified atom stereocenters. The predicted molar refractivity (Wildman–Crippen MR) is 70.7 cm³/mol. The average molecular weight is 269 g/mol. The molecule has 100 valence electrons. The lowest BCUT2D eigenvalue weighted by Crippen LogP contribution is -2.21. The Labute approximate surface area is 111 Å². The third-order valence-electron chi connectivity index (χ3n) is 3.51. The maximum atomic E-state index is 11.5. The summed E-state index contributed by atoms with van der Waals surface area (Å²) in [6, 6.07) is 1.32. The van der Waals surface area contributed by atoms with E-state index in [1.54, 1.807) is 18.4 Å². The van der Waals surface area contributed by atoms with Crippen molar-refractivity contribution in [1.29, 1.82) is 0 Å². The summed E-state index contributed by atoms with van der Waals surface area (Å²) >= 11 is 1.61. The standard InChI is InChI=1S/C13H19NO3S/c1-7-4-5-9(16-2)8-6-10(18-12(7)8)11(14)13(15)17-3/h6-7,9,11H,4-5,14H2,1-3H3. The fourth-order valence-corrected chi connectivity index (χ4v) is 3.70. The Balaban J connectivity index is 2.34. The second-order valence-electron chi connectivity index (χ2n) is 4.67. The Morgan fingerprint density at radius 1 is 1.50 bits per heavy atom. The first kappa shape index (κ1) is 13.5. The van der Waals surface area contributed by atoms with Gasteiger partial charge in [0.15, 0.2) is 0 Å². The molecule has 0 fully saturated rings. The monoisotopic (exact) mass is 269 g/mol. The molecule has 1 aromatic rings. The lowest BCUT2D eigenvalue weighted by atomic mass is 9.88. The van der Waals surface area contributed by atoms with Crippen LogP contribution in [0.4, 0.5) is 0 Å². The van der Waals surface area contributed by atoms with E-state index in [9.17, 15) is 4.79 Å². The van der Waals surface area contributed by atoms with Crippen molar-refractivity contribution in [2.75, 3.05) is 14.2 Å². The Kier molecular flexibility index (Phi) is 4.04. The minimum atomic E-state index is -0.685. The molecule has 18 heavy (non-hydrogen) atoms. The van der Waals surface area contributed by atoms with Gasteiger partial charge in [-0.2, -0.15) is 0 Å². The van der Waals surface area contributed by atoms with E-state index in [-0.39, 0.29) is 6.10 Å². The minimum absolute atomic E-state index is 0.131. The third kappa shape index (κ3) is 2.30. The number of ether oxygens (including phenoxy) is 2. The Morgan fingerprint density at radius 2 is 2.22 bits per heavy atom. The molecule has 0 saturated carbocycles. The maximum absolute atomic E-state index is 11.5. The molecule has 0 saturated heterocycles. The molecule has 0 aromatic carbocycles. The first-order valence-corrected chi connectivity index (χ1v) is 6.89. The number of hydrogen-bond donors (Lipinski definition) is 1. The first-order valence-electron chi connectivity index (χ1n) is 6.08. The normalized spacial score (nSPS) is 24.4. The molecule has 0 bridgehead atoms. The van der Waals surface area contributed by atoms with Crippen LogP contribution in [0.1, 0.15) is 53.1 Å². The number of rotatable bonds is 3. The van der Waals surface area contributed by atoms with E-state index in [1.165, 1.54) is 17.6 Å². The lowest BCUT2D eigenvalue weighted by Gasteiger charge is -2.25. The molecule has 1 aliphatic rings. The molecule has 2 N–H and O–H groups in total. The molecule has 0 spiro atoms. The number of hydrogen-bond acceptors (Lipinski definition) is 5. The lowest BCUT2D eigenvalue weighted by molar-refractivity contribution is -0.142.